The van der Waals surface area contributed by atoms with Crippen LogP contribution >= 0.6 is 0 Å². The maximum atomic E-state index is 4.26. The molecular weight excluding hydrogens is 172 g/mol. The van der Waals surface area contributed by atoms with Crippen LogP contribution in [-0.4, -0.2) is 9.97 Å². The zero-order valence-corrected chi connectivity index (χ0v) is 7.44. The van der Waals surface area contributed by atoms with Gasteiger partial charge < -0.3 is 0 Å². The van der Waals surface area contributed by atoms with Gasteiger partial charge in [0.15, 0.2) is 0 Å². The highest BCUT2D eigenvalue weighted by Gasteiger charge is 1.99. The summed E-state index contributed by atoms with van der Waals surface area (Å²) in [5.41, 5.74) is 0.909. The van der Waals surface area contributed by atoms with E-state index in [1.807, 2.05) is 24.4 Å². The van der Waals surface area contributed by atoms with Crippen LogP contribution in [0, 0.1) is 6.07 Å². The van der Waals surface area contributed by atoms with Crippen molar-refractivity contribution in [2.24, 2.45) is 0 Å². The summed E-state index contributed by atoms with van der Waals surface area (Å²) in [5, 5.41) is 3.42. The molecule has 0 aliphatic carbocycles. The molecule has 3 aromatic rings. The molecule has 2 nitrogen and oxygen atoms in total. The molecule has 0 aliphatic rings. The first-order chi connectivity index (χ1) is 6.95. The molecular formula is C12H7N2. The van der Waals surface area contributed by atoms with E-state index in [9.17, 15) is 0 Å². The predicted molar refractivity (Wildman–Crippen MR) is 55.9 cm³/mol. The van der Waals surface area contributed by atoms with E-state index < -0.39 is 0 Å². The Morgan fingerprint density at radius 1 is 1.07 bits per heavy atom. The summed E-state index contributed by atoms with van der Waals surface area (Å²) in [6.45, 7) is 0. The lowest BCUT2D eigenvalue weighted by molar-refractivity contribution is 1.36. The Labute approximate surface area is 81.2 Å². The van der Waals surface area contributed by atoms with Crippen LogP contribution in [0.1, 0.15) is 0 Å². The topological polar surface area (TPSA) is 25.8 Å². The van der Waals surface area contributed by atoms with Crippen LogP contribution < -0.4 is 0 Å². The molecule has 1 radical (unpaired) electrons. The molecule has 3 rings (SSSR count). The van der Waals surface area contributed by atoms with Gasteiger partial charge in [-0.05, 0) is 23.6 Å². The Kier molecular flexibility index (Phi) is 1.47. The summed E-state index contributed by atoms with van der Waals surface area (Å²) in [4.78, 5) is 8.33. The van der Waals surface area contributed by atoms with Crippen molar-refractivity contribution < 1.29 is 0 Å². The highest BCUT2D eigenvalue weighted by Crippen LogP contribution is 2.21. The normalized spacial score (nSPS) is 10.9. The fraction of sp³-hybridized carbons (Fsp3) is 0. The van der Waals surface area contributed by atoms with E-state index in [1.165, 1.54) is 5.39 Å². The van der Waals surface area contributed by atoms with Crippen molar-refractivity contribution in [3.05, 3.63) is 48.9 Å². The highest BCUT2D eigenvalue weighted by atomic mass is 14.6. The third-order valence-corrected chi connectivity index (χ3v) is 2.31. The molecule has 1 aromatic carbocycles. The number of aromatic nitrogens is 2. The zero-order chi connectivity index (χ0) is 9.38. The van der Waals surface area contributed by atoms with Gasteiger partial charge in [-0.25, -0.2) is 0 Å². The third kappa shape index (κ3) is 0.973. The molecule has 0 saturated heterocycles. The molecule has 2 heteroatoms. The first kappa shape index (κ1) is 7.44. The van der Waals surface area contributed by atoms with E-state index >= 15 is 0 Å². The van der Waals surface area contributed by atoms with Crippen molar-refractivity contribution in [3.63, 3.8) is 0 Å². The first-order valence-electron chi connectivity index (χ1n) is 4.44. The predicted octanol–water partition coefficient (Wildman–Crippen LogP) is 2.58. The standard InChI is InChI=1S/C12H7N2/c1-2-11-10-5-7-13-8-9(10)3-4-12(11)14-6-1/h1-3,5-8H. The molecule has 0 N–H and O–H groups in total. The van der Waals surface area contributed by atoms with Crippen molar-refractivity contribution in [2.75, 3.05) is 0 Å². The number of hydrogen-bond donors (Lipinski definition) is 0. The zero-order valence-electron chi connectivity index (χ0n) is 7.44. The van der Waals surface area contributed by atoms with Crippen LogP contribution in [0.15, 0.2) is 42.9 Å². The third-order valence-electron chi connectivity index (χ3n) is 2.31. The number of fused-ring (bicyclic) bond motifs is 3. The van der Waals surface area contributed by atoms with Crippen molar-refractivity contribution in [1.29, 1.82) is 0 Å². The average molecular weight is 179 g/mol. The van der Waals surface area contributed by atoms with E-state index in [1.54, 1.807) is 12.4 Å². The number of nitrogens with zero attached hydrogens (tertiary/aromatic N) is 2. The minimum absolute atomic E-state index is 0.909. The quantitative estimate of drug-likeness (QED) is 0.496. The summed E-state index contributed by atoms with van der Waals surface area (Å²) < 4.78 is 0. The van der Waals surface area contributed by atoms with Crippen LogP contribution in [0.25, 0.3) is 21.7 Å². The van der Waals surface area contributed by atoms with Gasteiger partial charge in [-0.1, -0.05) is 6.07 Å². The Balaban J connectivity index is 2.61. The average Bonchev–Trinajstić information content (AvgIpc) is 2.29. The van der Waals surface area contributed by atoms with Gasteiger partial charge in [-0.3, -0.25) is 9.97 Å². The van der Waals surface area contributed by atoms with E-state index in [0.29, 0.717) is 0 Å². The molecule has 0 atom stereocenters. The lowest BCUT2D eigenvalue weighted by Crippen LogP contribution is -1.81. The van der Waals surface area contributed by atoms with Gasteiger partial charge in [0.1, 0.15) is 0 Å². The van der Waals surface area contributed by atoms with Gasteiger partial charge in [-0.2, -0.15) is 0 Å². The molecule has 0 fully saturated rings. The van der Waals surface area contributed by atoms with E-state index in [0.717, 1.165) is 16.3 Å². The number of hydrogen-bond acceptors (Lipinski definition) is 2. The van der Waals surface area contributed by atoms with E-state index in [2.05, 4.69) is 22.1 Å². The van der Waals surface area contributed by atoms with E-state index in [-0.39, 0.29) is 0 Å². The van der Waals surface area contributed by atoms with Gasteiger partial charge in [0.05, 0.1) is 5.52 Å². The smallest absolute Gasteiger partial charge is 0.0787 e. The van der Waals surface area contributed by atoms with Crippen LogP contribution in [0.3, 0.4) is 0 Å². The minimum atomic E-state index is 0.909. The summed E-state index contributed by atoms with van der Waals surface area (Å²) in [7, 11) is 0. The lowest BCUT2D eigenvalue weighted by Gasteiger charge is -2.00. The molecule has 0 unspecified atom stereocenters. The van der Waals surface area contributed by atoms with Crippen molar-refractivity contribution in [1.82, 2.24) is 9.97 Å². The lowest BCUT2D eigenvalue weighted by atomic mass is 10.1. The molecule has 0 saturated carbocycles. The fourth-order valence-electron chi connectivity index (χ4n) is 1.65. The molecule has 0 spiro atoms. The fourth-order valence-corrected chi connectivity index (χ4v) is 1.65. The minimum Gasteiger partial charge on any atom is -0.264 e. The van der Waals surface area contributed by atoms with Gasteiger partial charge in [-0.15, -0.1) is 0 Å². The molecule has 2 aromatic heterocycles. The first-order valence-corrected chi connectivity index (χ1v) is 4.44. The van der Waals surface area contributed by atoms with E-state index in [4.69, 9.17) is 0 Å². The second kappa shape index (κ2) is 2.77. The molecule has 0 amide bonds. The van der Waals surface area contributed by atoms with Gasteiger partial charge in [0, 0.05) is 35.4 Å². The van der Waals surface area contributed by atoms with Crippen molar-refractivity contribution >= 4 is 21.7 Å². The Hall–Kier alpha value is -1.96. The molecule has 0 bridgehead atoms. The Morgan fingerprint density at radius 2 is 2.07 bits per heavy atom. The second-order valence-electron chi connectivity index (χ2n) is 3.15. The number of pyridine rings is 2. The second-order valence-corrected chi connectivity index (χ2v) is 3.15. The number of benzene rings is 1. The van der Waals surface area contributed by atoms with Gasteiger partial charge in [0.2, 0.25) is 0 Å². The van der Waals surface area contributed by atoms with Gasteiger partial charge in [0.25, 0.3) is 0 Å². The summed E-state index contributed by atoms with van der Waals surface area (Å²) in [6.07, 6.45) is 5.43. The molecule has 0 aliphatic heterocycles. The maximum Gasteiger partial charge on any atom is 0.0787 e. The maximum absolute atomic E-state index is 4.26. The SMILES string of the molecule is [c]1cc2cnccc2c2cccnc12. The summed E-state index contributed by atoms with van der Waals surface area (Å²) in [5.74, 6) is 0. The Morgan fingerprint density at radius 3 is 3.07 bits per heavy atom. The van der Waals surface area contributed by atoms with Crippen LogP contribution in [0.5, 0.6) is 0 Å². The molecule has 14 heavy (non-hydrogen) atoms. The van der Waals surface area contributed by atoms with Crippen LogP contribution in [0.4, 0.5) is 0 Å². The highest BCUT2D eigenvalue weighted by molar-refractivity contribution is 6.05. The molecule has 2 heterocycles. The summed E-state index contributed by atoms with van der Waals surface area (Å²) in [6, 6.07) is 11.1. The number of rotatable bonds is 0. The monoisotopic (exact) mass is 179 g/mol. The van der Waals surface area contributed by atoms with Crippen LogP contribution in [0.2, 0.25) is 0 Å². The summed E-state index contributed by atoms with van der Waals surface area (Å²) >= 11 is 0. The van der Waals surface area contributed by atoms with Crippen molar-refractivity contribution in [2.45, 2.75) is 0 Å². The van der Waals surface area contributed by atoms with Crippen LogP contribution in [-0.2, 0) is 0 Å². The van der Waals surface area contributed by atoms with Gasteiger partial charge >= 0.3 is 0 Å². The largest absolute Gasteiger partial charge is 0.264 e. The molecule has 65 valence electrons. The Bertz CT molecular complexity index is 547. The van der Waals surface area contributed by atoms with Crippen molar-refractivity contribution in [3.8, 4) is 0 Å².